The van der Waals surface area contributed by atoms with Gasteiger partial charge in [0.1, 0.15) is 24.8 Å². The van der Waals surface area contributed by atoms with Gasteiger partial charge in [-0.3, -0.25) is 0 Å². The highest BCUT2D eigenvalue weighted by molar-refractivity contribution is 5.95. The van der Waals surface area contributed by atoms with Crippen molar-refractivity contribution in [3.63, 3.8) is 0 Å². The van der Waals surface area contributed by atoms with E-state index in [9.17, 15) is 9.90 Å². The largest absolute Gasteiger partial charge is 0.489 e. The summed E-state index contributed by atoms with van der Waals surface area (Å²) in [5.41, 5.74) is 2.04. The van der Waals surface area contributed by atoms with Gasteiger partial charge in [-0.25, -0.2) is 4.79 Å². The fourth-order valence-corrected chi connectivity index (χ4v) is 2.51. The molecule has 118 valence electrons. The van der Waals surface area contributed by atoms with E-state index < -0.39 is 5.97 Å². The van der Waals surface area contributed by atoms with Crippen LogP contribution < -0.4 is 4.74 Å². The van der Waals surface area contributed by atoms with E-state index in [1.54, 1.807) is 10.6 Å². The number of carbonyl (C=O) groups is 1. The van der Waals surface area contributed by atoms with Crippen LogP contribution in [0.15, 0.2) is 54.6 Å². The fourth-order valence-electron chi connectivity index (χ4n) is 2.51. The Kier molecular flexibility index (Phi) is 4.30. The van der Waals surface area contributed by atoms with Gasteiger partial charge in [0.15, 0.2) is 0 Å². The van der Waals surface area contributed by atoms with Crippen LogP contribution in [0.3, 0.4) is 0 Å². The molecule has 0 atom stereocenters. The Hall–Kier alpha value is -2.79. The molecule has 0 saturated heterocycles. The SMILES string of the molecule is COCn1c(C(=O)O)cc2ccc(OCc3ccccc3)cc21. The van der Waals surface area contributed by atoms with Gasteiger partial charge >= 0.3 is 5.97 Å². The number of ether oxygens (including phenoxy) is 2. The van der Waals surface area contributed by atoms with E-state index in [1.807, 2.05) is 48.5 Å². The summed E-state index contributed by atoms with van der Waals surface area (Å²) < 4.78 is 12.5. The summed E-state index contributed by atoms with van der Waals surface area (Å²) in [7, 11) is 1.53. The Bertz CT molecular complexity index is 824. The van der Waals surface area contributed by atoms with Crippen LogP contribution in [0.5, 0.6) is 5.75 Å². The average molecular weight is 311 g/mol. The van der Waals surface area contributed by atoms with Gasteiger partial charge in [-0.05, 0) is 23.8 Å². The maximum Gasteiger partial charge on any atom is 0.352 e. The molecule has 0 unspecified atom stereocenters. The molecule has 2 aromatic carbocycles. The summed E-state index contributed by atoms with van der Waals surface area (Å²) in [6.45, 7) is 0.635. The maximum absolute atomic E-state index is 11.4. The molecule has 0 aliphatic heterocycles. The smallest absolute Gasteiger partial charge is 0.352 e. The topological polar surface area (TPSA) is 60.7 Å². The first-order valence-corrected chi connectivity index (χ1v) is 7.21. The third-order valence-electron chi connectivity index (χ3n) is 3.60. The van der Waals surface area contributed by atoms with Gasteiger partial charge in [0.2, 0.25) is 0 Å². The molecule has 0 aliphatic rings. The Labute approximate surface area is 133 Å². The highest BCUT2D eigenvalue weighted by Crippen LogP contribution is 2.25. The summed E-state index contributed by atoms with van der Waals surface area (Å²) in [5, 5.41) is 10.1. The van der Waals surface area contributed by atoms with E-state index in [2.05, 4.69) is 0 Å². The van der Waals surface area contributed by atoms with Crippen LogP contribution in [-0.2, 0) is 18.1 Å². The van der Waals surface area contributed by atoms with Crippen molar-refractivity contribution in [2.45, 2.75) is 13.3 Å². The highest BCUT2D eigenvalue weighted by atomic mass is 16.5. The lowest BCUT2D eigenvalue weighted by Gasteiger charge is -2.09. The van der Waals surface area contributed by atoms with Gasteiger partial charge in [-0.1, -0.05) is 30.3 Å². The van der Waals surface area contributed by atoms with Crippen molar-refractivity contribution in [1.29, 1.82) is 0 Å². The second kappa shape index (κ2) is 6.54. The van der Waals surface area contributed by atoms with Crippen LogP contribution in [0.25, 0.3) is 10.9 Å². The van der Waals surface area contributed by atoms with E-state index in [-0.39, 0.29) is 12.4 Å². The number of nitrogens with zero attached hydrogens (tertiary/aromatic N) is 1. The summed E-state index contributed by atoms with van der Waals surface area (Å²) in [6, 6.07) is 17.0. The number of rotatable bonds is 6. The number of aromatic carboxylic acids is 1. The van der Waals surface area contributed by atoms with Gasteiger partial charge in [0.05, 0.1) is 5.52 Å². The normalized spacial score (nSPS) is 10.8. The first-order chi connectivity index (χ1) is 11.2. The monoisotopic (exact) mass is 311 g/mol. The lowest BCUT2D eigenvalue weighted by Crippen LogP contribution is -2.09. The van der Waals surface area contributed by atoms with Crippen molar-refractivity contribution in [2.24, 2.45) is 0 Å². The number of aromatic nitrogens is 1. The van der Waals surface area contributed by atoms with E-state index in [0.29, 0.717) is 12.4 Å². The molecule has 3 rings (SSSR count). The van der Waals surface area contributed by atoms with Gasteiger partial charge in [0, 0.05) is 18.6 Å². The molecule has 23 heavy (non-hydrogen) atoms. The number of benzene rings is 2. The van der Waals surface area contributed by atoms with Crippen molar-refractivity contribution < 1.29 is 19.4 Å². The van der Waals surface area contributed by atoms with Crippen LogP contribution in [0.4, 0.5) is 0 Å². The van der Waals surface area contributed by atoms with Crippen molar-refractivity contribution in [2.75, 3.05) is 7.11 Å². The third kappa shape index (κ3) is 3.19. The Morgan fingerprint density at radius 2 is 1.91 bits per heavy atom. The predicted molar refractivity (Wildman–Crippen MR) is 86.7 cm³/mol. The van der Waals surface area contributed by atoms with Crippen LogP contribution in [0.2, 0.25) is 0 Å². The molecular weight excluding hydrogens is 294 g/mol. The van der Waals surface area contributed by atoms with Crippen LogP contribution in [-0.4, -0.2) is 22.8 Å². The summed E-state index contributed by atoms with van der Waals surface area (Å²) in [6.07, 6.45) is 0. The molecule has 0 spiro atoms. The second-order valence-electron chi connectivity index (χ2n) is 5.18. The van der Waals surface area contributed by atoms with E-state index in [1.165, 1.54) is 7.11 Å². The van der Waals surface area contributed by atoms with Crippen LogP contribution >= 0.6 is 0 Å². The Morgan fingerprint density at radius 3 is 2.61 bits per heavy atom. The van der Waals surface area contributed by atoms with Crippen molar-refractivity contribution in [3.05, 3.63) is 65.9 Å². The minimum atomic E-state index is -0.981. The van der Waals surface area contributed by atoms with Crippen molar-refractivity contribution in [1.82, 2.24) is 4.57 Å². The maximum atomic E-state index is 11.4. The molecule has 0 radical (unpaired) electrons. The molecule has 1 N–H and O–H groups in total. The number of hydrogen-bond donors (Lipinski definition) is 1. The number of carboxylic acid groups (broad SMARTS) is 1. The van der Waals surface area contributed by atoms with Crippen LogP contribution in [0, 0.1) is 0 Å². The zero-order chi connectivity index (χ0) is 16.2. The molecule has 0 fully saturated rings. The lowest BCUT2D eigenvalue weighted by molar-refractivity contribution is 0.0664. The molecule has 0 saturated carbocycles. The summed E-state index contributed by atoms with van der Waals surface area (Å²) in [4.78, 5) is 11.4. The Morgan fingerprint density at radius 1 is 1.13 bits per heavy atom. The minimum absolute atomic E-state index is 0.174. The molecule has 5 nitrogen and oxygen atoms in total. The molecule has 3 aromatic rings. The van der Waals surface area contributed by atoms with Crippen molar-refractivity contribution in [3.8, 4) is 5.75 Å². The average Bonchev–Trinajstić information content (AvgIpc) is 2.93. The summed E-state index contributed by atoms with van der Waals surface area (Å²) >= 11 is 0. The number of carboxylic acids is 1. The van der Waals surface area contributed by atoms with E-state index in [0.717, 1.165) is 16.5 Å². The van der Waals surface area contributed by atoms with E-state index >= 15 is 0 Å². The first kappa shape index (κ1) is 15.1. The standard InChI is InChI=1S/C18H17NO4/c1-22-12-19-16-10-15(23-11-13-5-3-2-4-6-13)8-7-14(16)9-17(19)18(20)21/h2-10H,11-12H2,1H3,(H,20,21). The fraction of sp³-hybridized carbons (Fsp3) is 0.167. The molecule has 1 heterocycles. The van der Waals surface area contributed by atoms with Gasteiger partial charge in [-0.15, -0.1) is 0 Å². The van der Waals surface area contributed by atoms with E-state index in [4.69, 9.17) is 9.47 Å². The van der Waals surface area contributed by atoms with Gasteiger partial charge < -0.3 is 19.1 Å². The molecule has 0 bridgehead atoms. The molecule has 0 aliphatic carbocycles. The third-order valence-corrected chi connectivity index (χ3v) is 3.60. The predicted octanol–water partition coefficient (Wildman–Crippen LogP) is 3.52. The molecular formula is C18H17NO4. The zero-order valence-electron chi connectivity index (χ0n) is 12.7. The lowest BCUT2D eigenvalue weighted by atomic mass is 10.2. The molecule has 0 amide bonds. The Balaban J connectivity index is 1.91. The van der Waals surface area contributed by atoms with Crippen molar-refractivity contribution >= 4 is 16.9 Å². The molecule has 1 aromatic heterocycles. The highest BCUT2D eigenvalue weighted by Gasteiger charge is 2.15. The van der Waals surface area contributed by atoms with Crippen LogP contribution in [0.1, 0.15) is 16.1 Å². The minimum Gasteiger partial charge on any atom is -0.489 e. The number of fused-ring (bicyclic) bond motifs is 1. The van der Waals surface area contributed by atoms with Gasteiger partial charge in [-0.2, -0.15) is 0 Å². The number of methoxy groups -OCH3 is 1. The second-order valence-corrected chi connectivity index (χ2v) is 5.18. The van der Waals surface area contributed by atoms with Gasteiger partial charge in [0.25, 0.3) is 0 Å². The molecule has 5 heteroatoms. The zero-order valence-corrected chi connectivity index (χ0v) is 12.7. The summed E-state index contributed by atoms with van der Waals surface area (Å²) in [5.74, 6) is -0.293. The number of hydrogen-bond acceptors (Lipinski definition) is 3. The first-order valence-electron chi connectivity index (χ1n) is 7.21. The quantitative estimate of drug-likeness (QED) is 0.756.